The Hall–Kier alpha value is -2.43. The van der Waals surface area contributed by atoms with Crippen molar-refractivity contribution in [1.29, 1.82) is 0 Å². The highest BCUT2D eigenvalue weighted by atomic mass is 32.1. The van der Waals surface area contributed by atoms with Gasteiger partial charge in [0.1, 0.15) is 0 Å². The van der Waals surface area contributed by atoms with Crippen molar-refractivity contribution < 1.29 is 19.0 Å². The van der Waals surface area contributed by atoms with Crippen LogP contribution in [0.4, 0.5) is 0 Å². The highest BCUT2D eigenvalue weighted by molar-refractivity contribution is 7.80. The summed E-state index contributed by atoms with van der Waals surface area (Å²) in [5, 5.41) is 10.4. The number of thiocarbonyl (C=S) groups is 1. The van der Waals surface area contributed by atoms with Gasteiger partial charge >= 0.3 is 0 Å². The molecule has 1 aromatic carbocycles. The summed E-state index contributed by atoms with van der Waals surface area (Å²) in [6.07, 6.45) is 1.63. The number of hydrazone groups is 1. The Morgan fingerprint density at radius 1 is 1.31 bits per heavy atom. The summed E-state index contributed by atoms with van der Waals surface area (Å²) in [5.41, 5.74) is 3.60. The molecule has 9 nitrogen and oxygen atoms in total. The molecule has 1 aromatic rings. The lowest BCUT2D eigenvalue weighted by Gasteiger charge is -2.26. The Labute approximate surface area is 176 Å². The Bertz CT molecular complexity index is 695. The third kappa shape index (κ3) is 8.63. The van der Waals surface area contributed by atoms with E-state index in [-0.39, 0.29) is 12.5 Å². The molecule has 1 heterocycles. The van der Waals surface area contributed by atoms with Crippen LogP contribution in [0.2, 0.25) is 0 Å². The maximum Gasteiger partial charge on any atom is 0.257 e. The lowest BCUT2D eigenvalue weighted by Crippen LogP contribution is -2.42. The molecule has 1 aliphatic heterocycles. The molecule has 1 fully saturated rings. The molecule has 0 saturated carbocycles. The molecule has 0 bridgehead atoms. The second kappa shape index (κ2) is 12.9. The van der Waals surface area contributed by atoms with Crippen LogP contribution in [0, 0.1) is 0 Å². The summed E-state index contributed by atoms with van der Waals surface area (Å²) >= 11 is 5.22. The minimum absolute atomic E-state index is 0.0659. The number of morpholine rings is 1. The smallest absolute Gasteiger partial charge is 0.257 e. The standard InChI is InChI=1S/C19H29N5O4S/c1-3-20-18(25)14-28-16-5-4-15(12-17(16)26-2)13-22-23-19(29)21-6-7-24-8-10-27-11-9-24/h4-5,12-13H,3,6-11,14H2,1-2H3,(H,20,25)(H2,21,23,29)/b22-13-. The highest BCUT2D eigenvalue weighted by Crippen LogP contribution is 2.27. The van der Waals surface area contributed by atoms with Gasteiger partial charge in [-0.05, 0) is 42.9 Å². The van der Waals surface area contributed by atoms with E-state index in [1.165, 1.54) is 0 Å². The van der Waals surface area contributed by atoms with Gasteiger partial charge in [-0.2, -0.15) is 5.10 Å². The molecule has 0 aromatic heterocycles. The van der Waals surface area contributed by atoms with E-state index >= 15 is 0 Å². The SMILES string of the molecule is CCNC(=O)COc1ccc(/C=N\NC(=S)NCCN2CCOCC2)cc1OC. The first-order chi connectivity index (χ1) is 14.1. The molecule has 29 heavy (non-hydrogen) atoms. The number of carbonyl (C=O) groups excluding carboxylic acids is 1. The predicted octanol–water partition coefficient (Wildman–Crippen LogP) is 0.340. The Balaban J connectivity index is 1.75. The number of methoxy groups -OCH3 is 1. The average Bonchev–Trinajstić information content (AvgIpc) is 2.73. The summed E-state index contributed by atoms with van der Waals surface area (Å²) in [6, 6.07) is 5.32. The molecule has 0 radical (unpaired) electrons. The van der Waals surface area contributed by atoms with Gasteiger partial charge in [0.15, 0.2) is 23.2 Å². The normalized spacial score (nSPS) is 14.4. The van der Waals surface area contributed by atoms with E-state index in [9.17, 15) is 4.79 Å². The Kier molecular flexibility index (Phi) is 10.2. The summed E-state index contributed by atoms with van der Waals surface area (Å²) in [7, 11) is 1.54. The van der Waals surface area contributed by atoms with Gasteiger partial charge < -0.3 is 24.8 Å². The van der Waals surface area contributed by atoms with E-state index in [0.717, 1.165) is 45.0 Å². The van der Waals surface area contributed by atoms with Crippen LogP contribution in [0.5, 0.6) is 11.5 Å². The monoisotopic (exact) mass is 423 g/mol. The summed E-state index contributed by atoms with van der Waals surface area (Å²) < 4.78 is 16.1. The molecule has 1 saturated heterocycles. The molecular weight excluding hydrogens is 394 g/mol. The second-order valence-corrected chi connectivity index (χ2v) is 6.64. The van der Waals surface area contributed by atoms with Crippen molar-refractivity contribution in [2.75, 3.05) is 59.7 Å². The fraction of sp³-hybridized carbons (Fsp3) is 0.526. The molecule has 0 spiro atoms. The van der Waals surface area contributed by atoms with Crippen molar-refractivity contribution in [3.63, 3.8) is 0 Å². The first-order valence-electron chi connectivity index (χ1n) is 9.57. The molecule has 160 valence electrons. The van der Waals surface area contributed by atoms with Gasteiger partial charge in [-0.1, -0.05) is 0 Å². The third-order valence-corrected chi connectivity index (χ3v) is 4.35. The van der Waals surface area contributed by atoms with Crippen molar-refractivity contribution in [2.45, 2.75) is 6.92 Å². The summed E-state index contributed by atoms with van der Waals surface area (Å²) in [6.45, 7) is 7.46. The Morgan fingerprint density at radius 3 is 2.83 bits per heavy atom. The van der Waals surface area contributed by atoms with Crippen LogP contribution in [0.3, 0.4) is 0 Å². The molecule has 3 N–H and O–H groups in total. The van der Waals surface area contributed by atoms with E-state index in [2.05, 4.69) is 26.1 Å². The number of carbonyl (C=O) groups is 1. The molecule has 0 unspecified atom stereocenters. The summed E-state index contributed by atoms with van der Waals surface area (Å²) in [4.78, 5) is 13.8. The molecule has 2 rings (SSSR count). The van der Waals surface area contributed by atoms with Crippen molar-refractivity contribution >= 4 is 29.5 Å². The van der Waals surface area contributed by atoms with Gasteiger partial charge in [-0.25, -0.2) is 0 Å². The van der Waals surface area contributed by atoms with Gasteiger partial charge in [-0.15, -0.1) is 0 Å². The maximum atomic E-state index is 11.5. The van der Waals surface area contributed by atoms with E-state index < -0.39 is 0 Å². The molecule has 0 aliphatic carbocycles. The second-order valence-electron chi connectivity index (χ2n) is 6.23. The van der Waals surface area contributed by atoms with Gasteiger partial charge in [0.25, 0.3) is 5.91 Å². The van der Waals surface area contributed by atoms with Crippen LogP contribution in [0.15, 0.2) is 23.3 Å². The summed E-state index contributed by atoms with van der Waals surface area (Å²) in [5.74, 6) is 0.827. The zero-order chi connectivity index (χ0) is 20.9. The minimum Gasteiger partial charge on any atom is -0.493 e. The zero-order valence-electron chi connectivity index (χ0n) is 16.9. The van der Waals surface area contributed by atoms with Crippen LogP contribution >= 0.6 is 12.2 Å². The van der Waals surface area contributed by atoms with E-state index in [0.29, 0.717) is 23.2 Å². The van der Waals surface area contributed by atoms with Crippen molar-refractivity contribution in [3.05, 3.63) is 23.8 Å². The van der Waals surface area contributed by atoms with Crippen LogP contribution in [0.25, 0.3) is 0 Å². The maximum absolute atomic E-state index is 11.5. The zero-order valence-corrected chi connectivity index (χ0v) is 17.7. The topological polar surface area (TPSA) is 96.5 Å². The number of likely N-dealkylation sites (N-methyl/N-ethyl adjacent to an activating group) is 1. The fourth-order valence-electron chi connectivity index (χ4n) is 2.63. The number of ether oxygens (including phenoxy) is 3. The average molecular weight is 424 g/mol. The third-order valence-electron chi connectivity index (χ3n) is 4.12. The van der Waals surface area contributed by atoms with Crippen LogP contribution < -0.4 is 25.5 Å². The number of nitrogens with one attached hydrogen (secondary N) is 3. The number of benzene rings is 1. The Morgan fingerprint density at radius 2 is 2.10 bits per heavy atom. The van der Waals surface area contributed by atoms with Crippen LogP contribution in [-0.2, 0) is 9.53 Å². The van der Waals surface area contributed by atoms with Crippen LogP contribution in [-0.4, -0.2) is 81.8 Å². The van der Waals surface area contributed by atoms with Crippen molar-refractivity contribution in [2.24, 2.45) is 5.10 Å². The lowest BCUT2D eigenvalue weighted by atomic mass is 10.2. The number of amides is 1. The van der Waals surface area contributed by atoms with Crippen molar-refractivity contribution in [1.82, 2.24) is 21.0 Å². The van der Waals surface area contributed by atoms with Crippen molar-refractivity contribution in [3.8, 4) is 11.5 Å². The number of nitrogens with zero attached hydrogens (tertiary/aromatic N) is 2. The fourth-order valence-corrected chi connectivity index (χ4v) is 2.79. The largest absolute Gasteiger partial charge is 0.493 e. The number of hydrogen-bond donors (Lipinski definition) is 3. The quantitative estimate of drug-likeness (QED) is 0.282. The van der Waals surface area contributed by atoms with E-state index in [1.807, 2.05) is 13.0 Å². The number of rotatable bonds is 10. The highest BCUT2D eigenvalue weighted by Gasteiger charge is 2.10. The predicted molar refractivity (Wildman–Crippen MR) is 116 cm³/mol. The van der Waals surface area contributed by atoms with Gasteiger partial charge in [0.05, 0.1) is 26.5 Å². The molecule has 1 aliphatic rings. The van der Waals surface area contributed by atoms with E-state index in [4.69, 9.17) is 26.4 Å². The van der Waals surface area contributed by atoms with Crippen LogP contribution in [0.1, 0.15) is 12.5 Å². The first-order valence-corrected chi connectivity index (χ1v) is 9.97. The molecule has 0 atom stereocenters. The van der Waals surface area contributed by atoms with E-state index in [1.54, 1.807) is 25.5 Å². The van der Waals surface area contributed by atoms with Gasteiger partial charge in [0, 0.05) is 32.7 Å². The first kappa shape index (κ1) is 22.9. The lowest BCUT2D eigenvalue weighted by molar-refractivity contribution is -0.123. The minimum atomic E-state index is -0.181. The number of hydrogen-bond acceptors (Lipinski definition) is 7. The van der Waals surface area contributed by atoms with Gasteiger partial charge in [0.2, 0.25) is 0 Å². The molecule has 1 amide bonds. The molecular formula is C19H29N5O4S. The molecule has 10 heteroatoms. The van der Waals surface area contributed by atoms with Gasteiger partial charge in [-0.3, -0.25) is 15.1 Å².